The standard InChI is InChI=1S/C25H28N4O4S2/c1-16-22(15-21(34-16)23-26-24(33-27-23)18-6-4-7-18)35(31,32)28-12-9-19(10-13-28)25(30)29-14-11-17-5-2-3-8-20(17)29/h2-3,5,8,15,18-19H,4,6-7,9-14H2,1H3. The largest absolute Gasteiger partial charge is 0.339 e. The number of hydrogen-bond donors (Lipinski definition) is 0. The Morgan fingerprint density at radius 3 is 2.63 bits per heavy atom. The molecule has 0 spiro atoms. The summed E-state index contributed by atoms with van der Waals surface area (Å²) in [6.45, 7) is 3.20. The lowest BCUT2D eigenvalue weighted by atomic mass is 9.85. The fourth-order valence-corrected chi connectivity index (χ4v) is 8.21. The molecule has 1 aromatic carbocycles. The number of hydrogen-bond acceptors (Lipinski definition) is 7. The molecule has 2 aliphatic heterocycles. The van der Waals surface area contributed by atoms with Gasteiger partial charge < -0.3 is 9.42 Å². The van der Waals surface area contributed by atoms with Crippen LogP contribution in [0.1, 0.15) is 54.4 Å². The lowest BCUT2D eigenvalue weighted by Gasteiger charge is -2.32. The van der Waals surface area contributed by atoms with Crippen molar-refractivity contribution in [3.8, 4) is 10.7 Å². The predicted molar refractivity (Wildman–Crippen MR) is 133 cm³/mol. The van der Waals surface area contributed by atoms with Crippen molar-refractivity contribution in [2.24, 2.45) is 5.92 Å². The Labute approximate surface area is 209 Å². The molecule has 0 unspecified atom stereocenters. The third-order valence-electron chi connectivity index (χ3n) is 7.56. The van der Waals surface area contributed by atoms with Crippen LogP contribution in [-0.4, -0.2) is 48.4 Å². The number of anilines is 1. The first-order valence-corrected chi connectivity index (χ1v) is 14.5. The number of carbonyl (C=O) groups is 1. The van der Waals surface area contributed by atoms with E-state index < -0.39 is 10.0 Å². The third-order valence-corrected chi connectivity index (χ3v) is 10.8. The maximum Gasteiger partial charge on any atom is 0.244 e. The average Bonchev–Trinajstić information content (AvgIpc) is 3.56. The Balaban J connectivity index is 1.14. The summed E-state index contributed by atoms with van der Waals surface area (Å²) in [4.78, 5) is 21.3. The Morgan fingerprint density at radius 1 is 1.11 bits per heavy atom. The van der Waals surface area contributed by atoms with Crippen molar-refractivity contribution in [1.82, 2.24) is 14.4 Å². The second kappa shape index (κ2) is 8.83. The van der Waals surface area contributed by atoms with E-state index in [-0.39, 0.29) is 11.8 Å². The summed E-state index contributed by atoms with van der Waals surface area (Å²) in [5.41, 5.74) is 2.20. The number of amides is 1. The van der Waals surface area contributed by atoms with Gasteiger partial charge in [-0.2, -0.15) is 9.29 Å². The monoisotopic (exact) mass is 512 g/mol. The highest BCUT2D eigenvalue weighted by Gasteiger charge is 2.37. The van der Waals surface area contributed by atoms with E-state index in [1.165, 1.54) is 27.6 Å². The number of aromatic nitrogens is 2. The van der Waals surface area contributed by atoms with Crippen LogP contribution in [0.2, 0.25) is 0 Å². The number of aryl methyl sites for hydroxylation is 1. The summed E-state index contributed by atoms with van der Waals surface area (Å²) in [5.74, 6) is 1.39. The van der Waals surface area contributed by atoms with Crippen LogP contribution in [0.15, 0.2) is 39.8 Å². The van der Waals surface area contributed by atoms with Crippen LogP contribution in [0.3, 0.4) is 0 Å². The highest BCUT2D eigenvalue weighted by atomic mass is 32.2. The molecule has 1 amide bonds. The molecule has 1 aliphatic carbocycles. The number of sulfonamides is 1. The number of fused-ring (bicyclic) bond motifs is 1. The summed E-state index contributed by atoms with van der Waals surface area (Å²) in [6.07, 6.45) is 5.24. The van der Waals surface area contributed by atoms with Gasteiger partial charge in [-0.1, -0.05) is 29.8 Å². The second-order valence-corrected chi connectivity index (χ2v) is 12.8. The average molecular weight is 513 g/mol. The molecule has 0 N–H and O–H groups in total. The first-order chi connectivity index (χ1) is 16.9. The molecule has 35 heavy (non-hydrogen) atoms. The molecule has 184 valence electrons. The number of nitrogens with zero attached hydrogens (tertiary/aromatic N) is 4. The van der Waals surface area contributed by atoms with Gasteiger partial charge in [0.25, 0.3) is 0 Å². The van der Waals surface area contributed by atoms with Crippen LogP contribution in [0.4, 0.5) is 5.69 Å². The van der Waals surface area contributed by atoms with Gasteiger partial charge in [-0.05, 0) is 56.7 Å². The molecule has 6 rings (SSSR count). The molecule has 4 heterocycles. The number of para-hydroxylation sites is 1. The molecule has 10 heteroatoms. The van der Waals surface area contributed by atoms with Crippen LogP contribution >= 0.6 is 11.3 Å². The van der Waals surface area contributed by atoms with Crippen molar-refractivity contribution >= 4 is 33.0 Å². The molecule has 1 saturated carbocycles. The normalized spacial score (nSPS) is 19.6. The van der Waals surface area contributed by atoms with Gasteiger partial charge in [0, 0.05) is 42.0 Å². The zero-order valence-corrected chi connectivity index (χ0v) is 21.3. The molecule has 3 aromatic rings. The van der Waals surface area contributed by atoms with Crippen molar-refractivity contribution in [2.45, 2.75) is 56.3 Å². The van der Waals surface area contributed by atoms with Gasteiger partial charge in [-0.15, -0.1) is 11.3 Å². The van der Waals surface area contributed by atoms with Crippen LogP contribution in [0.25, 0.3) is 10.7 Å². The number of carbonyl (C=O) groups excluding carboxylic acids is 1. The maximum atomic E-state index is 13.5. The van der Waals surface area contributed by atoms with Gasteiger partial charge >= 0.3 is 0 Å². The summed E-state index contributed by atoms with van der Waals surface area (Å²) in [7, 11) is -3.67. The highest BCUT2D eigenvalue weighted by Crippen LogP contribution is 2.39. The zero-order valence-electron chi connectivity index (χ0n) is 19.6. The van der Waals surface area contributed by atoms with E-state index in [0.717, 1.165) is 24.9 Å². The molecule has 0 atom stereocenters. The zero-order chi connectivity index (χ0) is 24.2. The molecule has 2 fully saturated rings. The van der Waals surface area contributed by atoms with Gasteiger partial charge in [0.15, 0.2) is 0 Å². The van der Waals surface area contributed by atoms with Crippen LogP contribution in [0, 0.1) is 12.8 Å². The van der Waals surface area contributed by atoms with Crippen molar-refractivity contribution in [2.75, 3.05) is 24.5 Å². The van der Waals surface area contributed by atoms with Crippen molar-refractivity contribution in [3.63, 3.8) is 0 Å². The quantitative estimate of drug-likeness (QED) is 0.504. The molecular formula is C25H28N4O4S2. The van der Waals surface area contributed by atoms with Crippen molar-refractivity contribution < 1.29 is 17.7 Å². The number of benzene rings is 1. The molecule has 3 aliphatic rings. The SMILES string of the molecule is Cc1sc(-c2noc(C3CCC3)n2)cc1S(=O)(=O)N1CCC(C(=O)N2CCc3ccccc32)CC1. The van der Waals surface area contributed by atoms with E-state index in [1.54, 1.807) is 6.07 Å². The van der Waals surface area contributed by atoms with Crippen LogP contribution in [0.5, 0.6) is 0 Å². The smallest absolute Gasteiger partial charge is 0.244 e. The lowest BCUT2D eigenvalue weighted by Crippen LogP contribution is -2.44. The maximum absolute atomic E-state index is 13.5. The molecule has 8 nitrogen and oxygen atoms in total. The van der Waals surface area contributed by atoms with Crippen LogP contribution in [-0.2, 0) is 21.2 Å². The van der Waals surface area contributed by atoms with Gasteiger partial charge in [-0.3, -0.25) is 4.79 Å². The summed E-state index contributed by atoms with van der Waals surface area (Å²) < 4.78 is 33.9. The van der Waals surface area contributed by atoms with Gasteiger partial charge in [0.2, 0.25) is 27.6 Å². The minimum absolute atomic E-state index is 0.111. The van der Waals surface area contributed by atoms with E-state index in [2.05, 4.69) is 16.2 Å². The van der Waals surface area contributed by atoms with E-state index in [0.29, 0.717) is 64.8 Å². The van der Waals surface area contributed by atoms with E-state index in [4.69, 9.17) is 4.52 Å². The summed E-state index contributed by atoms with van der Waals surface area (Å²) >= 11 is 1.37. The van der Waals surface area contributed by atoms with Gasteiger partial charge in [0.05, 0.1) is 9.77 Å². The van der Waals surface area contributed by atoms with Crippen molar-refractivity contribution in [1.29, 1.82) is 0 Å². The van der Waals surface area contributed by atoms with Gasteiger partial charge in [0.1, 0.15) is 0 Å². The molecule has 0 bridgehead atoms. The Kier molecular flexibility index (Phi) is 5.77. The minimum atomic E-state index is -3.67. The van der Waals surface area contributed by atoms with Crippen molar-refractivity contribution in [3.05, 3.63) is 46.7 Å². The first kappa shape index (κ1) is 22.9. The van der Waals surface area contributed by atoms with E-state index in [9.17, 15) is 13.2 Å². The van der Waals surface area contributed by atoms with Crippen LogP contribution < -0.4 is 4.90 Å². The molecular weight excluding hydrogens is 484 g/mol. The topological polar surface area (TPSA) is 96.6 Å². The van der Waals surface area contributed by atoms with Gasteiger partial charge in [-0.25, -0.2) is 8.42 Å². The molecule has 0 radical (unpaired) electrons. The highest BCUT2D eigenvalue weighted by molar-refractivity contribution is 7.89. The lowest BCUT2D eigenvalue weighted by molar-refractivity contribution is -0.123. The second-order valence-electron chi connectivity index (χ2n) is 9.66. The minimum Gasteiger partial charge on any atom is -0.339 e. The predicted octanol–water partition coefficient (Wildman–Crippen LogP) is 4.36. The Bertz CT molecular complexity index is 1370. The first-order valence-electron chi connectivity index (χ1n) is 12.3. The summed E-state index contributed by atoms with van der Waals surface area (Å²) in [6, 6.07) is 9.69. The fraction of sp³-hybridized carbons (Fsp3) is 0.480. The Morgan fingerprint density at radius 2 is 1.89 bits per heavy atom. The van der Waals surface area contributed by atoms with E-state index >= 15 is 0 Å². The fourth-order valence-electron chi connectivity index (χ4n) is 5.26. The number of thiophene rings is 1. The molecule has 1 saturated heterocycles. The summed E-state index contributed by atoms with van der Waals surface area (Å²) in [5, 5.41) is 4.10. The van der Waals surface area contributed by atoms with E-state index in [1.807, 2.05) is 30.0 Å². The number of piperidine rings is 1. The number of rotatable bonds is 5. The third kappa shape index (κ3) is 4.01. The molecule has 2 aromatic heterocycles. The Hall–Kier alpha value is -2.56.